The lowest BCUT2D eigenvalue weighted by atomic mass is 9.88. The molecule has 0 amide bonds. The van der Waals surface area contributed by atoms with Gasteiger partial charge in [0, 0.05) is 6.42 Å². The molecule has 1 unspecified atom stereocenters. The second kappa shape index (κ2) is 10.6. The first-order valence-corrected chi connectivity index (χ1v) is 11.2. The Morgan fingerprint density at radius 2 is 1.52 bits per heavy atom. The summed E-state index contributed by atoms with van der Waals surface area (Å²) in [6.07, 6.45) is 2.12. The van der Waals surface area contributed by atoms with Crippen molar-refractivity contribution in [3.63, 3.8) is 0 Å². The molecule has 0 radical (unpaired) electrons. The van der Waals surface area contributed by atoms with Crippen molar-refractivity contribution >= 4 is 19.4 Å². The molecule has 3 nitrogen and oxygen atoms in total. The van der Waals surface area contributed by atoms with E-state index in [9.17, 15) is 5.11 Å². The summed E-state index contributed by atoms with van der Waals surface area (Å²) in [5, 5.41) is 13.0. The van der Waals surface area contributed by atoms with Crippen molar-refractivity contribution in [2.45, 2.75) is 46.0 Å². The van der Waals surface area contributed by atoms with E-state index < -0.39 is 15.3 Å². The van der Waals surface area contributed by atoms with Gasteiger partial charge in [0.1, 0.15) is 6.29 Å². The zero-order valence-corrected chi connectivity index (χ0v) is 17.8. The minimum Gasteiger partial charge on any atom is -0.386 e. The number of benzene rings is 2. The molecule has 0 aliphatic rings. The molecule has 0 aliphatic carbocycles. The Morgan fingerprint density at radius 1 is 1.00 bits per heavy atom. The summed E-state index contributed by atoms with van der Waals surface area (Å²) in [6, 6.07) is 20.4. The molecule has 0 bridgehead atoms. The summed E-state index contributed by atoms with van der Waals surface area (Å²) in [5.41, 5.74) is 0.112. The lowest BCUT2D eigenvalue weighted by Crippen LogP contribution is -2.47. The number of hydrogen-bond donors (Lipinski definition) is 1. The van der Waals surface area contributed by atoms with E-state index in [1.54, 1.807) is 6.08 Å². The van der Waals surface area contributed by atoms with E-state index >= 15 is 0 Å². The molecular formula is C23H32O3Si. The number of rotatable bonds is 10. The number of aliphatic hydroxyl groups excluding tert-OH is 1. The molecule has 0 heterocycles. The zero-order valence-electron chi connectivity index (χ0n) is 16.7. The van der Waals surface area contributed by atoms with Gasteiger partial charge in [-0.3, -0.25) is 0 Å². The standard InChI is InChI=1S/C23H32O3Si/c1-5-16-25-19(18-23(2,3)4)17-22(24)26-27(20-12-8-6-9-13-20)21-14-10-7-11-15-21/h5-15,19,22,24,27H,1,16-18H2,2-4H3/t19?,22-/m0/s1. The van der Waals surface area contributed by atoms with Crippen LogP contribution in [0.1, 0.15) is 33.6 Å². The summed E-state index contributed by atoms with van der Waals surface area (Å²) in [4.78, 5) is 0. The third-order valence-electron chi connectivity index (χ3n) is 4.25. The van der Waals surface area contributed by atoms with Crippen molar-refractivity contribution in [2.24, 2.45) is 5.41 Å². The van der Waals surface area contributed by atoms with Crippen LogP contribution >= 0.6 is 0 Å². The predicted molar refractivity (Wildman–Crippen MR) is 115 cm³/mol. The van der Waals surface area contributed by atoms with Gasteiger partial charge in [-0.25, -0.2) is 0 Å². The molecule has 0 aliphatic heterocycles. The van der Waals surface area contributed by atoms with Crippen molar-refractivity contribution < 1.29 is 14.3 Å². The highest BCUT2D eigenvalue weighted by atomic mass is 28.3. The Hall–Kier alpha value is -1.72. The Labute approximate surface area is 165 Å². The van der Waals surface area contributed by atoms with Crippen LogP contribution in [0.3, 0.4) is 0 Å². The first kappa shape index (κ1) is 21.6. The molecule has 0 aromatic heterocycles. The smallest absolute Gasteiger partial charge is 0.243 e. The molecule has 27 heavy (non-hydrogen) atoms. The maximum atomic E-state index is 10.7. The van der Waals surface area contributed by atoms with Gasteiger partial charge in [-0.2, -0.15) is 0 Å². The van der Waals surface area contributed by atoms with E-state index in [1.807, 2.05) is 36.4 Å². The third-order valence-corrected chi connectivity index (χ3v) is 6.82. The average Bonchev–Trinajstić information content (AvgIpc) is 2.64. The van der Waals surface area contributed by atoms with Crippen LogP contribution in [-0.4, -0.2) is 33.1 Å². The van der Waals surface area contributed by atoms with Crippen LogP contribution in [0.5, 0.6) is 0 Å². The van der Waals surface area contributed by atoms with Gasteiger partial charge in [-0.05, 0) is 22.2 Å². The van der Waals surface area contributed by atoms with Crippen LogP contribution in [0.15, 0.2) is 73.3 Å². The minimum atomic E-state index is -1.97. The van der Waals surface area contributed by atoms with Gasteiger partial charge in [0.15, 0.2) is 0 Å². The van der Waals surface area contributed by atoms with Crippen molar-refractivity contribution in [1.82, 2.24) is 0 Å². The Balaban J connectivity index is 2.12. The summed E-state index contributed by atoms with van der Waals surface area (Å²) in [5.74, 6) is 0. The van der Waals surface area contributed by atoms with Crippen LogP contribution in [0, 0.1) is 5.41 Å². The molecule has 146 valence electrons. The van der Waals surface area contributed by atoms with Gasteiger partial charge < -0.3 is 14.3 Å². The Morgan fingerprint density at radius 3 is 1.96 bits per heavy atom. The van der Waals surface area contributed by atoms with Crippen LogP contribution in [0.25, 0.3) is 0 Å². The number of hydrogen-bond acceptors (Lipinski definition) is 3. The third kappa shape index (κ3) is 7.81. The molecule has 0 spiro atoms. The number of ether oxygens (including phenoxy) is 1. The van der Waals surface area contributed by atoms with Crippen LogP contribution in [-0.2, 0) is 9.16 Å². The second-order valence-corrected chi connectivity index (χ2v) is 10.4. The van der Waals surface area contributed by atoms with E-state index in [-0.39, 0.29) is 11.5 Å². The molecule has 0 saturated carbocycles. The molecule has 2 aromatic carbocycles. The van der Waals surface area contributed by atoms with Gasteiger partial charge in [-0.1, -0.05) is 87.5 Å². The SMILES string of the molecule is C=CCOC(C[C@@H](O)O[SiH](c1ccccc1)c1ccccc1)CC(C)(C)C. The Kier molecular flexibility index (Phi) is 8.45. The molecule has 2 aromatic rings. The molecule has 1 N–H and O–H groups in total. The molecule has 2 atom stereocenters. The van der Waals surface area contributed by atoms with Gasteiger partial charge >= 0.3 is 0 Å². The van der Waals surface area contributed by atoms with Gasteiger partial charge in [-0.15, -0.1) is 6.58 Å². The highest BCUT2D eigenvalue weighted by molar-refractivity contribution is 6.80. The summed E-state index contributed by atoms with van der Waals surface area (Å²) < 4.78 is 12.1. The second-order valence-electron chi connectivity index (χ2n) is 8.04. The molecule has 4 heteroatoms. The quantitative estimate of drug-likeness (QED) is 0.388. The van der Waals surface area contributed by atoms with Crippen LogP contribution in [0.2, 0.25) is 0 Å². The maximum absolute atomic E-state index is 10.7. The largest absolute Gasteiger partial charge is 0.386 e. The molecular weight excluding hydrogens is 352 g/mol. The van der Waals surface area contributed by atoms with Crippen LogP contribution in [0.4, 0.5) is 0 Å². The van der Waals surface area contributed by atoms with E-state index in [0.717, 1.165) is 16.8 Å². The lowest BCUT2D eigenvalue weighted by Gasteiger charge is -2.29. The number of aliphatic hydroxyl groups is 1. The van der Waals surface area contributed by atoms with Crippen LogP contribution < -0.4 is 10.4 Å². The molecule has 0 fully saturated rings. The van der Waals surface area contributed by atoms with E-state index in [4.69, 9.17) is 9.16 Å². The summed E-state index contributed by atoms with van der Waals surface area (Å²) in [7, 11) is -1.97. The molecule has 0 saturated heterocycles. The fourth-order valence-corrected chi connectivity index (χ4v) is 5.41. The van der Waals surface area contributed by atoms with E-state index in [2.05, 4.69) is 51.6 Å². The van der Waals surface area contributed by atoms with Gasteiger partial charge in [0.25, 0.3) is 0 Å². The topological polar surface area (TPSA) is 38.7 Å². The predicted octanol–water partition coefficient (Wildman–Crippen LogP) is 3.26. The first-order valence-electron chi connectivity index (χ1n) is 9.55. The molecule has 2 rings (SSSR count). The maximum Gasteiger partial charge on any atom is 0.243 e. The minimum absolute atomic E-state index is 0.0702. The first-order chi connectivity index (χ1) is 12.9. The van der Waals surface area contributed by atoms with E-state index in [1.165, 1.54) is 0 Å². The van der Waals surface area contributed by atoms with Crippen molar-refractivity contribution in [2.75, 3.05) is 6.61 Å². The van der Waals surface area contributed by atoms with Gasteiger partial charge in [0.2, 0.25) is 9.04 Å². The van der Waals surface area contributed by atoms with Crippen molar-refractivity contribution in [1.29, 1.82) is 0 Å². The summed E-state index contributed by atoms with van der Waals surface area (Å²) >= 11 is 0. The van der Waals surface area contributed by atoms with Gasteiger partial charge in [0.05, 0.1) is 12.7 Å². The van der Waals surface area contributed by atoms with Crippen molar-refractivity contribution in [3.8, 4) is 0 Å². The normalized spacial score (nSPS) is 14.1. The van der Waals surface area contributed by atoms with E-state index in [0.29, 0.717) is 13.0 Å². The lowest BCUT2D eigenvalue weighted by molar-refractivity contribution is -0.0715. The van der Waals surface area contributed by atoms with Crippen molar-refractivity contribution in [3.05, 3.63) is 73.3 Å². The highest BCUT2D eigenvalue weighted by Crippen LogP contribution is 2.25. The average molecular weight is 385 g/mol. The zero-order chi connectivity index (χ0) is 19.7. The highest BCUT2D eigenvalue weighted by Gasteiger charge is 2.26. The Bertz CT molecular complexity index is 628. The fourth-order valence-electron chi connectivity index (χ4n) is 3.14. The summed E-state index contributed by atoms with van der Waals surface area (Å²) in [6.45, 7) is 10.7. The fraction of sp³-hybridized carbons (Fsp3) is 0.391. The monoisotopic (exact) mass is 384 g/mol.